The molecule has 0 aliphatic rings. The Kier molecular flexibility index (Phi) is 4.24. The van der Waals surface area contributed by atoms with Crippen LogP contribution in [0.2, 0.25) is 0 Å². The molecule has 1 N–H and O–H groups in total. The van der Waals surface area contributed by atoms with Crippen LogP contribution in [0.5, 0.6) is 0 Å². The lowest BCUT2D eigenvalue weighted by Gasteiger charge is -2.04. The molecule has 0 saturated carbocycles. The highest BCUT2D eigenvalue weighted by molar-refractivity contribution is 7.14. The lowest BCUT2D eigenvalue weighted by Crippen LogP contribution is -2.01. The van der Waals surface area contributed by atoms with Gasteiger partial charge in [0.05, 0.1) is 23.2 Å². The maximum Gasteiger partial charge on any atom is 0.272 e. The van der Waals surface area contributed by atoms with Gasteiger partial charge in [0, 0.05) is 11.6 Å². The number of nitro groups is 1. The summed E-state index contributed by atoms with van der Waals surface area (Å²) in [5.74, 6) is -0.674. The third-order valence-corrected chi connectivity index (χ3v) is 4.05. The van der Waals surface area contributed by atoms with E-state index in [1.165, 1.54) is 23.5 Å². The van der Waals surface area contributed by atoms with Gasteiger partial charge in [-0.15, -0.1) is 10.2 Å². The number of anilines is 1. The van der Waals surface area contributed by atoms with Gasteiger partial charge in [-0.05, 0) is 6.07 Å². The summed E-state index contributed by atoms with van der Waals surface area (Å²) in [6.45, 7) is 0.291. The summed E-state index contributed by atoms with van der Waals surface area (Å²) in [5, 5.41) is 23.1. The second-order valence-corrected chi connectivity index (χ2v) is 5.70. The van der Waals surface area contributed by atoms with Crippen LogP contribution in [0.1, 0.15) is 5.01 Å². The second kappa shape index (κ2) is 6.49. The summed E-state index contributed by atoms with van der Waals surface area (Å²) in [6, 6.07) is 13.1. The van der Waals surface area contributed by atoms with Crippen LogP contribution in [0.15, 0.2) is 48.5 Å². The standard InChI is InChI=1S/C15H11FN4O2S/c16-12-8-11(20(21)22)6-7-13(12)17-9-14-18-19-15(23-14)10-4-2-1-3-5-10/h1-8,17H,9H2. The van der Waals surface area contributed by atoms with Crippen molar-refractivity contribution in [3.63, 3.8) is 0 Å². The molecule has 1 aromatic heterocycles. The molecular weight excluding hydrogens is 319 g/mol. The highest BCUT2D eigenvalue weighted by atomic mass is 32.1. The Hall–Kier alpha value is -2.87. The van der Waals surface area contributed by atoms with Crippen LogP contribution in [-0.2, 0) is 6.54 Å². The Bertz CT molecular complexity index is 839. The summed E-state index contributed by atoms with van der Waals surface area (Å²) in [6.07, 6.45) is 0. The summed E-state index contributed by atoms with van der Waals surface area (Å²) in [7, 11) is 0. The van der Waals surface area contributed by atoms with Gasteiger partial charge >= 0.3 is 0 Å². The molecule has 0 bridgehead atoms. The minimum Gasteiger partial charge on any atom is -0.376 e. The molecule has 0 spiro atoms. The molecule has 23 heavy (non-hydrogen) atoms. The van der Waals surface area contributed by atoms with Gasteiger partial charge < -0.3 is 5.32 Å². The smallest absolute Gasteiger partial charge is 0.272 e. The molecule has 0 aliphatic carbocycles. The first-order chi connectivity index (χ1) is 11.1. The van der Waals surface area contributed by atoms with Gasteiger partial charge in [0.2, 0.25) is 0 Å². The van der Waals surface area contributed by atoms with Crippen molar-refractivity contribution in [2.75, 3.05) is 5.32 Å². The van der Waals surface area contributed by atoms with Crippen molar-refractivity contribution < 1.29 is 9.31 Å². The van der Waals surface area contributed by atoms with E-state index < -0.39 is 10.7 Å². The van der Waals surface area contributed by atoms with Gasteiger partial charge in [0.15, 0.2) is 5.82 Å². The number of rotatable bonds is 5. The number of halogens is 1. The predicted octanol–water partition coefficient (Wildman–Crippen LogP) is 3.86. The van der Waals surface area contributed by atoms with Crippen LogP contribution >= 0.6 is 11.3 Å². The second-order valence-electron chi connectivity index (χ2n) is 4.64. The van der Waals surface area contributed by atoms with E-state index in [-0.39, 0.29) is 11.4 Å². The molecule has 8 heteroatoms. The molecule has 6 nitrogen and oxygen atoms in total. The number of benzene rings is 2. The molecule has 0 radical (unpaired) electrons. The van der Waals surface area contributed by atoms with Crippen LogP contribution in [0.3, 0.4) is 0 Å². The third-order valence-electron chi connectivity index (χ3n) is 3.08. The zero-order chi connectivity index (χ0) is 16.2. The van der Waals surface area contributed by atoms with Crippen LogP contribution < -0.4 is 5.32 Å². The summed E-state index contributed by atoms with van der Waals surface area (Å²) >= 11 is 1.40. The Balaban J connectivity index is 1.70. The minimum atomic E-state index is -0.674. The van der Waals surface area contributed by atoms with Crippen molar-refractivity contribution in [1.82, 2.24) is 10.2 Å². The van der Waals surface area contributed by atoms with E-state index in [0.717, 1.165) is 16.6 Å². The minimum absolute atomic E-state index is 0.187. The number of hydrogen-bond acceptors (Lipinski definition) is 6. The van der Waals surface area contributed by atoms with Gasteiger partial charge in [-0.1, -0.05) is 41.7 Å². The van der Waals surface area contributed by atoms with Crippen molar-refractivity contribution in [2.45, 2.75) is 6.54 Å². The van der Waals surface area contributed by atoms with E-state index in [1.807, 2.05) is 30.3 Å². The first kappa shape index (κ1) is 15.0. The van der Waals surface area contributed by atoms with Crippen molar-refractivity contribution in [3.8, 4) is 10.6 Å². The molecule has 1 heterocycles. The predicted molar refractivity (Wildman–Crippen MR) is 85.7 cm³/mol. The molecule has 0 saturated heterocycles. The van der Waals surface area contributed by atoms with Gasteiger partial charge in [-0.25, -0.2) is 4.39 Å². The maximum absolute atomic E-state index is 13.8. The van der Waals surface area contributed by atoms with E-state index in [0.29, 0.717) is 11.6 Å². The third kappa shape index (κ3) is 3.49. The van der Waals surface area contributed by atoms with Crippen LogP contribution in [0, 0.1) is 15.9 Å². The lowest BCUT2D eigenvalue weighted by molar-refractivity contribution is -0.385. The molecule has 0 amide bonds. The fraction of sp³-hybridized carbons (Fsp3) is 0.0667. The number of hydrogen-bond donors (Lipinski definition) is 1. The number of aromatic nitrogens is 2. The topological polar surface area (TPSA) is 81.0 Å². The highest BCUT2D eigenvalue weighted by Crippen LogP contribution is 2.25. The normalized spacial score (nSPS) is 10.5. The van der Waals surface area contributed by atoms with Gasteiger partial charge in [0.1, 0.15) is 10.0 Å². The first-order valence-electron chi connectivity index (χ1n) is 6.69. The molecule has 0 aliphatic heterocycles. The quantitative estimate of drug-likeness (QED) is 0.567. The Labute approximate surface area is 134 Å². The zero-order valence-corrected chi connectivity index (χ0v) is 12.6. The Morgan fingerprint density at radius 2 is 1.96 bits per heavy atom. The zero-order valence-electron chi connectivity index (χ0n) is 11.8. The van der Waals surface area contributed by atoms with Crippen molar-refractivity contribution in [3.05, 3.63) is 69.5 Å². The molecule has 0 unspecified atom stereocenters. The molecule has 0 fully saturated rings. The Morgan fingerprint density at radius 1 is 1.17 bits per heavy atom. The summed E-state index contributed by atoms with van der Waals surface area (Å²) in [4.78, 5) is 9.95. The van der Waals surface area contributed by atoms with Crippen molar-refractivity contribution >= 4 is 22.7 Å². The first-order valence-corrected chi connectivity index (χ1v) is 7.51. The average Bonchev–Trinajstić information content (AvgIpc) is 3.03. The number of non-ortho nitro benzene ring substituents is 1. The molecule has 3 rings (SSSR count). The van der Waals surface area contributed by atoms with E-state index >= 15 is 0 Å². The van der Waals surface area contributed by atoms with E-state index in [2.05, 4.69) is 15.5 Å². The van der Waals surface area contributed by atoms with Crippen molar-refractivity contribution in [1.29, 1.82) is 0 Å². The van der Waals surface area contributed by atoms with Gasteiger partial charge in [-0.2, -0.15) is 0 Å². The fourth-order valence-electron chi connectivity index (χ4n) is 1.95. The molecule has 2 aromatic carbocycles. The number of nitrogens with zero attached hydrogens (tertiary/aromatic N) is 3. The molecule has 116 valence electrons. The number of nitro benzene ring substituents is 1. The lowest BCUT2D eigenvalue weighted by atomic mass is 10.2. The van der Waals surface area contributed by atoms with Crippen LogP contribution in [-0.4, -0.2) is 15.1 Å². The highest BCUT2D eigenvalue weighted by Gasteiger charge is 2.11. The van der Waals surface area contributed by atoms with Crippen LogP contribution in [0.4, 0.5) is 15.8 Å². The van der Waals surface area contributed by atoms with Gasteiger partial charge in [0.25, 0.3) is 5.69 Å². The van der Waals surface area contributed by atoms with E-state index in [1.54, 1.807) is 0 Å². The largest absolute Gasteiger partial charge is 0.376 e. The molecular formula is C15H11FN4O2S. The van der Waals surface area contributed by atoms with Gasteiger partial charge in [-0.3, -0.25) is 10.1 Å². The SMILES string of the molecule is O=[N+]([O-])c1ccc(NCc2nnc(-c3ccccc3)s2)c(F)c1. The average molecular weight is 330 g/mol. The van der Waals surface area contributed by atoms with E-state index in [4.69, 9.17) is 0 Å². The molecule has 3 aromatic rings. The number of nitrogens with one attached hydrogen (secondary N) is 1. The fourth-order valence-corrected chi connectivity index (χ4v) is 2.74. The summed E-state index contributed by atoms with van der Waals surface area (Å²) < 4.78 is 13.8. The van der Waals surface area contributed by atoms with E-state index in [9.17, 15) is 14.5 Å². The van der Waals surface area contributed by atoms with Crippen molar-refractivity contribution in [2.24, 2.45) is 0 Å². The van der Waals surface area contributed by atoms with Crippen LogP contribution in [0.25, 0.3) is 10.6 Å². The maximum atomic E-state index is 13.8. The Morgan fingerprint density at radius 3 is 2.65 bits per heavy atom. The summed E-state index contributed by atoms with van der Waals surface area (Å²) in [5.41, 5.74) is 0.875. The molecule has 0 atom stereocenters. The monoisotopic (exact) mass is 330 g/mol.